The predicted molar refractivity (Wildman–Crippen MR) is 124 cm³/mol. The van der Waals surface area contributed by atoms with Crippen molar-refractivity contribution in [2.75, 3.05) is 6.54 Å². The number of nitrogens with zero attached hydrogens (tertiary/aromatic N) is 4. The summed E-state index contributed by atoms with van der Waals surface area (Å²) in [6.45, 7) is -0.384. The van der Waals surface area contributed by atoms with Gasteiger partial charge in [0, 0.05) is 31.2 Å². The fourth-order valence-corrected chi connectivity index (χ4v) is 7.54. The van der Waals surface area contributed by atoms with Crippen molar-refractivity contribution >= 4 is 16.1 Å². The van der Waals surface area contributed by atoms with Gasteiger partial charge >= 0.3 is 18.4 Å². The molecule has 0 aliphatic carbocycles. The summed E-state index contributed by atoms with van der Waals surface area (Å²) >= 11 is 0. The van der Waals surface area contributed by atoms with E-state index in [9.17, 15) is 39.6 Å². The molecule has 1 amide bonds. The second-order valence-corrected chi connectivity index (χ2v) is 11.9. The van der Waals surface area contributed by atoms with E-state index >= 15 is 0 Å². The summed E-state index contributed by atoms with van der Waals surface area (Å²) < 4.78 is 114. The minimum Gasteiger partial charge on any atom is -0.445 e. The van der Waals surface area contributed by atoms with E-state index in [4.69, 9.17) is 4.74 Å². The minimum absolute atomic E-state index is 0.00222. The molecule has 1 aromatic carbocycles. The van der Waals surface area contributed by atoms with Crippen LogP contribution in [-0.2, 0) is 46.8 Å². The predicted octanol–water partition coefficient (Wildman–Crippen LogP) is 5.17. The summed E-state index contributed by atoms with van der Waals surface area (Å²) in [6.07, 6.45) is -6.38. The summed E-state index contributed by atoms with van der Waals surface area (Å²) in [5.74, 6) is 0. The number of carbonyl (C=O) groups is 1. The van der Waals surface area contributed by atoms with Crippen molar-refractivity contribution in [2.24, 2.45) is 0 Å². The average molecular weight is 581 g/mol. The first-order valence-corrected chi connectivity index (χ1v) is 14.0. The zero-order valence-corrected chi connectivity index (χ0v) is 21.4. The van der Waals surface area contributed by atoms with Gasteiger partial charge in [0.1, 0.15) is 6.61 Å². The van der Waals surface area contributed by atoms with E-state index in [1.54, 1.807) is 4.31 Å². The molecule has 39 heavy (non-hydrogen) atoms. The van der Waals surface area contributed by atoms with Gasteiger partial charge in [-0.3, -0.25) is 4.68 Å². The van der Waals surface area contributed by atoms with E-state index in [0.717, 1.165) is 32.1 Å². The minimum atomic E-state index is -5.02. The molecule has 1 aromatic heterocycles. The number of carbonyl (C=O) groups excluding carboxylic acids is 1. The van der Waals surface area contributed by atoms with E-state index in [-0.39, 0.29) is 36.3 Å². The lowest BCUT2D eigenvalue weighted by atomic mass is 10.1. The fourth-order valence-electron chi connectivity index (χ4n) is 5.63. The van der Waals surface area contributed by atoms with Gasteiger partial charge in [0.15, 0.2) is 5.03 Å². The van der Waals surface area contributed by atoms with Crippen molar-refractivity contribution in [2.45, 2.75) is 87.7 Å². The Morgan fingerprint density at radius 3 is 2.10 bits per heavy atom. The van der Waals surface area contributed by atoms with Crippen LogP contribution in [0.15, 0.2) is 29.3 Å². The molecule has 3 aliphatic heterocycles. The van der Waals surface area contributed by atoms with Crippen molar-refractivity contribution in [3.63, 3.8) is 0 Å². The Labute approximate surface area is 220 Å². The Balaban J connectivity index is 1.30. The number of amides is 1. The number of piperidine rings is 1. The Bertz CT molecular complexity index is 1310. The molecule has 4 heterocycles. The maximum absolute atomic E-state index is 13.4. The Kier molecular flexibility index (Phi) is 7.10. The SMILES string of the molecule is O=C(OCc1cc(C(F)(F)F)cc(C(F)(F)F)c1)N1CCCn2nc(S(=O)(=O)N3C4CCCC3CC4)cc2C1. The number of benzene rings is 1. The van der Waals surface area contributed by atoms with Gasteiger partial charge in [0.2, 0.25) is 0 Å². The number of sulfonamides is 1. The number of aromatic nitrogens is 2. The fraction of sp³-hybridized carbons (Fsp3) is 0.583. The maximum atomic E-state index is 13.4. The molecule has 0 N–H and O–H groups in total. The number of rotatable bonds is 4. The highest BCUT2D eigenvalue weighted by atomic mass is 32.2. The molecule has 3 aliphatic rings. The van der Waals surface area contributed by atoms with Crippen molar-refractivity contribution in [3.05, 3.63) is 46.6 Å². The van der Waals surface area contributed by atoms with Gasteiger partial charge in [-0.15, -0.1) is 0 Å². The monoisotopic (exact) mass is 580 g/mol. The molecule has 2 atom stereocenters. The van der Waals surface area contributed by atoms with Gasteiger partial charge in [0.25, 0.3) is 10.0 Å². The standard InChI is InChI=1S/C24H26F6N4O4S/c25-23(26,27)16-9-15(10-17(11-16)24(28,29)30)14-38-22(35)32-7-2-8-33-20(13-32)12-21(31-33)39(36,37)34-18-3-1-4-19(34)6-5-18/h9-12,18-19H,1-8,13-14H2. The van der Waals surface area contributed by atoms with Crippen LogP contribution in [0, 0.1) is 0 Å². The first kappa shape index (κ1) is 27.7. The van der Waals surface area contributed by atoms with Gasteiger partial charge in [-0.1, -0.05) is 6.42 Å². The van der Waals surface area contributed by atoms with Crippen molar-refractivity contribution in [3.8, 4) is 0 Å². The zero-order chi connectivity index (χ0) is 28.2. The summed E-state index contributed by atoms with van der Waals surface area (Å²) in [6, 6.07) is 2.33. The molecular formula is C24H26F6N4O4S. The van der Waals surface area contributed by atoms with Gasteiger partial charge in [-0.25, -0.2) is 13.2 Å². The molecule has 2 aromatic rings. The summed E-state index contributed by atoms with van der Waals surface area (Å²) in [7, 11) is -3.84. The third kappa shape index (κ3) is 5.60. The van der Waals surface area contributed by atoms with Gasteiger partial charge in [0.05, 0.1) is 23.4 Å². The molecule has 2 saturated heterocycles. The van der Waals surface area contributed by atoms with Crippen LogP contribution in [0.5, 0.6) is 0 Å². The number of alkyl halides is 6. The molecule has 5 rings (SSSR count). The van der Waals surface area contributed by atoms with E-state index in [1.807, 2.05) is 0 Å². The molecule has 0 spiro atoms. The van der Waals surface area contributed by atoms with E-state index in [1.165, 1.54) is 15.6 Å². The van der Waals surface area contributed by atoms with Crippen molar-refractivity contribution in [1.82, 2.24) is 19.0 Å². The third-order valence-corrected chi connectivity index (χ3v) is 9.31. The first-order valence-electron chi connectivity index (χ1n) is 12.5. The lowest BCUT2D eigenvalue weighted by molar-refractivity contribution is -0.143. The van der Waals surface area contributed by atoms with Crippen LogP contribution < -0.4 is 0 Å². The molecule has 2 fully saturated rings. The van der Waals surface area contributed by atoms with E-state index in [0.29, 0.717) is 30.8 Å². The van der Waals surface area contributed by atoms with Crippen molar-refractivity contribution < 1.29 is 44.3 Å². The van der Waals surface area contributed by atoms with Gasteiger partial charge in [-0.2, -0.15) is 35.7 Å². The lowest BCUT2D eigenvalue weighted by Gasteiger charge is -2.32. The molecule has 0 saturated carbocycles. The average Bonchev–Trinajstić information content (AvgIpc) is 3.31. The summed E-state index contributed by atoms with van der Waals surface area (Å²) in [5, 5.41) is 4.20. The second kappa shape index (κ2) is 9.98. The highest BCUT2D eigenvalue weighted by molar-refractivity contribution is 7.89. The normalized spacial score (nSPS) is 22.5. The van der Waals surface area contributed by atoms with Gasteiger partial charge in [-0.05, 0) is 55.9 Å². The topological polar surface area (TPSA) is 84.7 Å². The second-order valence-electron chi connectivity index (χ2n) is 10.1. The largest absolute Gasteiger partial charge is 0.445 e. The molecule has 8 nitrogen and oxygen atoms in total. The molecule has 15 heteroatoms. The Morgan fingerprint density at radius 2 is 1.51 bits per heavy atom. The van der Waals surface area contributed by atoms with Crippen molar-refractivity contribution in [1.29, 1.82) is 0 Å². The number of ether oxygens (including phenoxy) is 1. The molecule has 2 bridgehead atoms. The van der Waals surface area contributed by atoms with E-state index < -0.39 is 51.8 Å². The van der Waals surface area contributed by atoms with Crippen LogP contribution in [0.1, 0.15) is 60.9 Å². The Morgan fingerprint density at radius 1 is 0.897 bits per heavy atom. The quantitative estimate of drug-likeness (QED) is 0.466. The highest BCUT2D eigenvalue weighted by Gasteiger charge is 2.45. The van der Waals surface area contributed by atoms with Crippen LogP contribution in [0.2, 0.25) is 0 Å². The summed E-state index contributed by atoms with van der Waals surface area (Å²) in [4.78, 5) is 14.0. The number of halogens is 6. The number of fused-ring (bicyclic) bond motifs is 3. The van der Waals surface area contributed by atoms with Crippen LogP contribution in [-0.4, -0.2) is 52.1 Å². The highest BCUT2D eigenvalue weighted by Crippen LogP contribution is 2.40. The number of hydrogen-bond acceptors (Lipinski definition) is 5. The first-order chi connectivity index (χ1) is 18.2. The molecular weight excluding hydrogens is 554 g/mol. The maximum Gasteiger partial charge on any atom is 0.416 e. The van der Waals surface area contributed by atoms with E-state index in [2.05, 4.69) is 5.10 Å². The third-order valence-electron chi connectivity index (χ3n) is 7.43. The van der Waals surface area contributed by atoms with Crippen LogP contribution in [0.3, 0.4) is 0 Å². The number of aryl methyl sites for hydroxylation is 1. The summed E-state index contributed by atoms with van der Waals surface area (Å²) in [5.41, 5.74) is -3.03. The van der Waals surface area contributed by atoms with Crippen LogP contribution >= 0.6 is 0 Å². The lowest BCUT2D eigenvalue weighted by Crippen LogP contribution is -2.44. The van der Waals surface area contributed by atoms with Gasteiger partial charge < -0.3 is 9.64 Å². The van der Waals surface area contributed by atoms with Crippen LogP contribution in [0.25, 0.3) is 0 Å². The zero-order valence-electron chi connectivity index (χ0n) is 20.6. The molecule has 2 unspecified atom stereocenters. The molecule has 0 radical (unpaired) electrons. The Hall–Kier alpha value is -2.81. The van der Waals surface area contributed by atoms with Crippen LogP contribution in [0.4, 0.5) is 31.1 Å². The smallest absolute Gasteiger partial charge is 0.416 e. The number of hydrogen-bond donors (Lipinski definition) is 0. The molecule has 214 valence electrons.